The molecule has 39 heavy (non-hydrogen) atoms. The SMILES string of the molecule is COC(=O)c1ccc(N2C(=O)NC(=O)/C(=C\c3ccc(OCC(=O)Nc4ccc(C)cc4)c(Br)c3)C2=O)cc1. The molecule has 5 amide bonds. The van der Waals surface area contributed by atoms with Crippen LogP contribution in [0.4, 0.5) is 16.2 Å². The van der Waals surface area contributed by atoms with Crippen LogP contribution in [0.1, 0.15) is 21.5 Å². The summed E-state index contributed by atoms with van der Waals surface area (Å²) in [6, 6.07) is 16.8. The number of anilines is 2. The van der Waals surface area contributed by atoms with Gasteiger partial charge in [0.1, 0.15) is 11.3 Å². The molecule has 0 radical (unpaired) electrons. The van der Waals surface area contributed by atoms with E-state index in [0.29, 0.717) is 21.5 Å². The summed E-state index contributed by atoms with van der Waals surface area (Å²) in [5, 5.41) is 4.89. The maximum atomic E-state index is 13.1. The number of barbiturate groups is 1. The van der Waals surface area contributed by atoms with Crippen LogP contribution in [0.15, 0.2) is 76.8 Å². The van der Waals surface area contributed by atoms with Crippen LogP contribution < -0.4 is 20.3 Å². The van der Waals surface area contributed by atoms with Gasteiger partial charge in [-0.1, -0.05) is 23.8 Å². The number of urea groups is 1. The van der Waals surface area contributed by atoms with Crippen molar-refractivity contribution in [2.75, 3.05) is 23.9 Å². The Morgan fingerprint density at radius 1 is 1.00 bits per heavy atom. The van der Waals surface area contributed by atoms with Gasteiger partial charge in [0.25, 0.3) is 17.7 Å². The second kappa shape index (κ2) is 11.7. The monoisotopic (exact) mass is 591 g/mol. The first kappa shape index (κ1) is 27.3. The van der Waals surface area contributed by atoms with E-state index < -0.39 is 23.8 Å². The first-order chi connectivity index (χ1) is 18.7. The largest absolute Gasteiger partial charge is 0.483 e. The molecule has 1 fully saturated rings. The van der Waals surface area contributed by atoms with Crippen molar-refractivity contribution in [1.82, 2.24) is 5.32 Å². The quantitative estimate of drug-likeness (QED) is 0.239. The van der Waals surface area contributed by atoms with Gasteiger partial charge in [-0.05, 0) is 83.0 Å². The van der Waals surface area contributed by atoms with Crippen LogP contribution in [0.3, 0.4) is 0 Å². The number of imide groups is 2. The highest BCUT2D eigenvalue weighted by Crippen LogP contribution is 2.28. The van der Waals surface area contributed by atoms with E-state index in [4.69, 9.17) is 4.74 Å². The molecule has 0 aromatic heterocycles. The zero-order valence-corrected chi connectivity index (χ0v) is 22.4. The fourth-order valence-corrected chi connectivity index (χ4v) is 4.14. The molecule has 11 heteroatoms. The Kier molecular flexibility index (Phi) is 8.21. The minimum Gasteiger partial charge on any atom is -0.483 e. The topological polar surface area (TPSA) is 131 Å². The molecule has 1 aliphatic heterocycles. The molecular formula is C28H22BrN3O7. The third-order valence-electron chi connectivity index (χ3n) is 5.61. The Bertz CT molecular complexity index is 1500. The lowest BCUT2D eigenvalue weighted by atomic mass is 10.1. The number of esters is 1. The average Bonchev–Trinajstić information content (AvgIpc) is 2.91. The van der Waals surface area contributed by atoms with Crippen LogP contribution in [0.5, 0.6) is 5.75 Å². The van der Waals surface area contributed by atoms with Gasteiger partial charge >= 0.3 is 12.0 Å². The molecule has 1 aliphatic rings. The summed E-state index contributed by atoms with van der Waals surface area (Å²) in [5.74, 6) is -2.23. The zero-order chi connectivity index (χ0) is 28.1. The average molecular weight is 592 g/mol. The molecule has 10 nitrogen and oxygen atoms in total. The Morgan fingerprint density at radius 2 is 1.69 bits per heavy atom. The summed E-state index contributed by atoms with van der Waals surface area (Å²) in [6.45, 7) is 1.71. The highest BCUT2D eigenvalue weighted by Gasteiger charge is 2.36. The number of carbonyl (C=O) groups is 5. The van der Waals surface area contributed by atoms with Crippen LogP contribution in [0.25, 0.3) is 6.08 Å². The van der Waals surface area contributed by atoms with E-state index in [0.717, 1.165) is 10.5 Å². The third-order valence-corrected chi connectivity index (χ3v) is 6.23. The van der Waals surface area contributed by atoms with Crippen LogP contribution in [-0.4, -0.2) is 43.4 Å². The highest BCUT2D eigenvalue weighted by atomic mass is 79.9. The number of ether oxygens (including phenoxy) is 2. The predicted molar refractivity (Wildman–Crippen MR) is 146 cm³/mol. The summed E-state index contributed by atoms with van der Waals surface area (Å²) >= 11 is 3.38. The van der Waals surface area contributed by atoms with Crippen LogP contribution >= 0.6 is 15.9 Å². The lowest BCUT2D eigenvalue weighted by Crippen LogP contribution is -2.54. The molecule has 0 saturated carbocycles. The number of nitrogens with one attached hydrogen (secondary N) is 2. The van der Waals surface area contributed by atoms with Crippen molar-refractivity contribution in [2.45, 2.75) is 6.92 Å². The number of carbonyl (C=O) groups excluding carboxylic acids is 5. The number of rotatable bonds is 7. The number of amides is 5. The van der Waals surface area contributed by atoms with Gasteiger partial charge in [0.2, 0.25) is 0 Å². The van der Waals surface area contributed by atoms with Crippen molar-refractivity contribution in [3.8, 4) is 5.75 Å². The van der Waals surface area contributed by atoms with E-state index in [9.17, 15) is 24.0 Å². The van der Waals surface area contributed by atoms with Gasteiger partial charge < -0.3 is 14.8 Å². The molecule has 0 aliphatic carbocycles. The lowest BCUT2D eigenvalue weighted by molar-refractivity contribution is -0.122. The first-order valence-electron chi connectivity index (χ1n) is 11.5. The van der Waals surface area contributed by atoms with Gasteiger partial charge in [-0.3, -0.25) is 19.7 Å². The fraction of sp³-hybridized carbons (Fsp3) is 0.107. The number of hydrogen-bond donors (Lipinski definition) is 2. The van der Waals surface area contributed by atoms with Gasteiger partial charge in [0.15, 0.2) is 6.61 Å². The number of nitrogens with zero attached hydrogens (tertiary/aromatic N) is 1. The molecule has 2 N–H and O–H groups in total. The maximum Gasteiger partial charge on any atom is 0.337 e. The molecule has 0 unspecified atom stereocenters. The van der Waals surface area contributed by atoms with Gasteiger partial charge in [0, 0.05) is 5.69 Å². The molecule has 3 aromatic rings. The summed E-state index contributed by atoms with van der Waals surface area (Å²) in [6.07, 6.45) is 1.33. The summed E-state index contributed by atoms with van der Waals surface area (Å²) in [5.41, 5.74) is 2.31. The van der Waals surface area contributed by atoms with Crippen molar-refractivity contribution in [2.24, 2.45) is 0 Å². The van der Waals surface area contributed by atoms with Crippen molar-refractivity contribution >= 4 is 63.1 Å². The third kappa shape index (κ3) is 6.39. The Morgan fingerprint density at radius 3 is 2.33 bits per heavy atom. The van der Waals surface area contributed by atoms with Crippen LogP contribution in [0.2, 0.25) is 0 Å². The molecule has 1 saturated heterocycles. The zero-order valence-electron chi connectivity index (χ0n) is 20.8. The Hall–Kier alpha value is -4.77. The van der Waals surface area contributed by atoms with E-state index in [2.05, 4.69) is 31.3 Å². The van der Waals surface area contributed by atoms with Crippen LogP contribution in [-0.2, 0) is 19.1 Å². The van der Waals surface area contributed by atoms with E-state index in [-0.39, 0.29) is 29.3 Å². The molecular weight excluding hydrogens is 570 g/mol. The van der Waals surface area contributed by atoms with E-state index in [1.54, 1.807) is 30.3 Å². The predicted octanol–water partition coefficient (Wildman–Crippen LogP) is 4.23. The van der Waals surface area contributed by atoms with Crippen molar-refractivity contribution < 1.29 is 33.4 Å². The van der Waals surface area contributed by atoms with E-state index in [1.165, 1.54) is 37.5 Å². The number of hydrogen-bond acceptors (Lipinski definition) is 7. The molecule has 198 valence electrons. The summed E-state index contributed by atoms with van der Waals surface area (Å²) in [7, 11) is 1.24. The Balaban J connectivity index is 1.47. The van der Waals surface area contributed by atoms with Gasteiger partial charge in [0.05, 0.1) is 22.8 Å². The van der Waals surface area contributed by atoms with Crippen molar-refractivity contribution in [1.29, 1.82) is 0 Å². The highest BCUT2D eigenvalue weighted by molar-refractivity contribution is 9.10. The van der Waals surface area contributed by atoms with E-state index >= 15 is 0 Å². The molecule has 4 rings (SSSR count). The number of benzene rings is 3. The summed E-state index contributed by atoms with van der Waals surface area (Å²) < 4.78 is 10.7. The van der Waals surface area contributed by atoms with E-state index in [1.807, 2.05) is 19.1 Å². The molecule has 1 heterocycles. The van der Waals surface area contributed by atoms with Gasteiger partial charge in [-0.15, -0.1) is 0 Å². The fourth-order valence-electron chi connectivity index (χ4n) is 3.62. The molecule has 3 aromatic carbocycles. The van der Waals surface area contributed by atoms with Crippen molar-refractivity contribution in [3.63, 3.8) is 0 Å². The Labute approximate surface area is 231 Å². The summed E-state index contributed by atoms with van der Waals surface area (Å²) in [4.78, 5) is 62.8. The van der Waals surface area contributed by atoms with Crippen molar-refractivity contribution in [3.05, 3.63) is 93.5 Å². The molecule has 0 spiro atoms. The van der Waals surface area contributed by atoms with Crippen LogP contribution in [0, 0.1) is 6.92 Å². The minimum atomic E-state index is -0.915. The smallest absolute Gasteiger partial charge is 0.337 e. The lowest BCUT2D eigenvalue weighted by Gasteiger charge is -2.26. The number of halogens is 1. The van der Waals surface area contributed by atoms with Gasteiger partial charge in [-0.25, -0.2) is 14.5 Å². The number of methoxy groups -OCH3 is 1. The van der Waals surface area contributed by atoms with Gasteiger partial charge in [-0.2, -0.15) is 0 Å². The second-order valence-electron chi connectivity index (χ2n) is 8.39. The second-order valence-corrected chi connectivity index (χ2v) is 9.24. The minimum absolute atomic E-state index is 0.164. The normalized spacial score (nSPS) is 14.2. The molecule has 0 atom stereocenters. The standard InChI is InChI=1S/C28H22BrN3O7/c1-16-3-8-19(9-4-16)30-24(33)15-39-23-12-5-17(14-22(23)29)13-21-25(34)31-28(37)32(26(21)35)20-10-6-18(7-11-20)27(36)38-2/h3-14H,15H2,1-2H3,(H,30,33)(H,31,34,37)/b21-13+. The molecule has 0 bridgehead atoms. The first-order valence-corrected chi connectivity index (χ1v) is 12.3. The maximum absolute atomic E-state index is 13.1. The number of aryl methyl sites for hydroxylation is 1.